The number of ether oxygens (including phenoxy) is 1. The number of aromatic nitrogens is 2. The first-order chi connectivity index (χ1) is 10.1. The van der Waals surface area contributed by atoms with Gasteiger partial charge < -0.3 is 14.7 Å². The third-order valence-electron chi connectivity index (χ3n) is 3.74. The fraction of sp³-hybridized carbons (Fsp3) is 0.333. The Morgan fingerprint density at radius 3 is 2.76 bits per heavy atom. The van der Waals surface area contributed by atoms with Crippen molar-refractivity contribution in [3.63, 3.8) is 0 Å². The Morgan fingerprint density at radius 1 is 1.29 bits per heavy atom. The van der Waals surface area contributed by atoms with Crippen LogP contribution >= 0.6 is 0 Å². The largest absolute Gasteiger partial charge is 0.481 e. The molecule has 3 rings (SSSR count). The van der Waals surface area contributed by atoms with Crippen molar-refractivity contribution in [2.24, 2.45) is 0 Å². The maximum absolute atomic E-state index is 13.0. The van der Waals surface area contributed by atoms with Gasteiger partial charge in [0.1, 0.15) is 11.4 Å². The summed E-state index contributed by atoms with van der Waals surface area (Å²) in [6.45, 7) is 0.993. The molecule has 5 nitrogen and oxygen atoms in total. The van der Waals surface area contributed by atoms with Gasteiger partial charge in [0.15, 0.2) is 0 Å². The fourth-order valence-corrected chi connectivity index (χ4v) is 2.56. The fourth-order valence-electron chi connectivity index (χ4n) is 2.56. The molecule has 0 saturated carbocycles. The van der Waals surface area contributed by atoms with Gasteiger partial charge in [-0.3, -0.25) is 0 Å². The Balaban J connectivity index is 1.82. The third-order valence-corrected chi connectivity index (χ3v) is 3.74. The predicted molar refractivity (Wildman–Crippen MR) is 75.7 cm³/mol. The number of nitrogens with zero attached hydrogens (tertiary/aromatic N) is 3. The second-order valence-corrected chi connectivity index (χ2v) is 5.11. The van der Waals surface area contributed by atoms with E-state index in [4.69, 9.17) is 4.74 Å². The summed E-state index contributed by atoms with van der Waals surface area (Å²) in [5.41, 5.74) is -0.311. The molecule has 0 aliphatic carbocycles. The molecule has 1 aromatic heterocycles. The number of hydrogen-bond acceptors (Lipinski definition) is 5. The van der Waals surface area contributed by atoms with Crippen molar-refractivity contribution in [2.45, 2.75) is 12.0 Å². The second-order valence-electron chi connectivity index (χ2n) is 5.11. The van der Waals surface area contributed by atoms with Crippen LogP contribution in [0.2, 0.25) is 0 Å². The van der Waals surface area contributed by atoms with Crippen LogP contribution in [-0.2, 0) is 5.60 Å². The highest BCUT2D eigenvalue weighted by Crippen LogP contribution is 2.33. The number of anilines is 1. The zero-order valence-corrected chi connectivity index (χ0v) is 11.7. The number of rotatable bonds is 3. The van der Waals surface area contributed by atoms with Crippen molar-refractivity contribution in [2.75, 3.05) is 25.1 Å². The molecule has 2 aromatic rings. The Kier molecular flexibility index (Phi) is 3.47. The smallest absolute Gasteiger partial charge is 0.228 e. The van der Waals surface area contributed by atoms with Crippen molar-refractivity contribution in [3.8, 4) is 5.88 Å². The minimum atomic E-state index is -1.01. The molecule has 0 bridgehead atoms. The molecule has 2 heterocycles. The summed E-state index contributed by atoms with van der Waals surface area (Å²) in [6.07, 6.45) is 2.16. The summed E-state index contributed by atoms with van der Waals surface area (Å²) < 4.78 is 18.1. The minimum absolute atomic E-state index is 0.312. The molecule has 6 heteroatoms. The number of aliphatic hydroxyl groups is 1. The molecule has 1 atom stereocenters. The maximum Gasteiger partial charge on any atom is 0.228 e. The molecule has 1 aliphatic heterocycles. The second kappa shape index (κ2) is 5.29. The van der Waals surface area contributed by atoms with Crippen LogP contribution in [0, 0.1) is 5.82 Å². The van der Waals surface area contributed by atoms with E-state index in [0.29, 0.717) is 36.9 Å². The quantitative estimate of drug-likeness (QED) is 0.932. The molecule has 21 heavy (non-hydrogen) atoms. The van der Waals surface area contributed by atoms with Gasteiger partial charge in [0.25, 0.3) is 0 Å². The molecule has 0 amide bonds. The topological polar surface area (TPSA) is 58.5 Å². The Bertz CT molecular complexity index is 635. The van der Waals surface area contributed by atoms with Crippen LogP contribution in [0.3, 0.4) is 0 Å². The molecule has 1 aromatic carbocycles. The molecular formula is C15H16FN3O2. The lowest BCUT2D eigenvalue weighted by atomic mass is 9.93. The van der Waals surface area contributed by atoms with E-state index in [2.05, 4.69) is 9.97 Å². The van der Waals surface area contributed by atoms with Gasteiger partial charge in [0, 0.05) is 18.8 Å². The normalized spacial score (nSPS) is 21.6. The van der Waals surface area contributed by atoms with E-state index in [-0.39, 0.29) is 5.82 Å². The van der Waals surface area contributed by atoms with Crippen molar-refractivity contribution >= 4 is 5.95 Å². The van der Waals surface area contributed by atoms with E-state index in [1.54, 1.807) is 31.5 Å². The summed E-state index contributed by atoms with van der Waals surface area (Å²) in [7, 11) is 1.55. The Labute approximate surface area is 122 Å². The molecule has 1 fully saturated rings. The van der Waals surface area contributed by atoms with E-state index >= 15 is 0 Å². The standard InChI is InChI=1S/C15H16FN3O2/c1-21-13-6-8-17-14(18-13)19-9-7-15(20,10-19)11-2-4-12(16)5-3-11/h2-6,8,20H,7,9-10H2,1H3. The average molecular weight is 289 g/mol. The van der Waals surface area contributed by atoms with Crippen LogP contribution in [0.25, 0.3) is 0 Å². The summed E-state index contributed by atoms with van der Waals surface area (Å²) in [5.74, 6) is 0.693. The average Bonchev–Trinajstić information content (AvgIpc) is 2.92. The van der Waals surface area contributed by atoms with Crippen LogP contribution in [0.4, 0.5) is 10.3 Å². The van der Waals surface area contributed by atoms with Crippen LogP contribution in [0.1, 0.15) is 12.0 Å². The van der Waals surface area contributed by atoms with E-state index < -0.39 is 5.60 Å². The SMILES string of the molecule is COc1ccnc(N2CCC(O)(c3ccc(F)cc3)C2)n1. The van der Waals surface area contributed by atoms with Gasteiger partial charge in [-0.15, -0.1) is 0 Å². The first kappa shape index (κ1) is 13.8. The molecule has 1 aliphatic rings. The van der Waals surface area contributed by atoms with Crippen LogP contribution in [0.5, 0.6) is 5.88 Å². The highest BCUT2D eigenvalue weighted by molar-refractivity contribution is 5.38. The predicted octanol–water partition coefficient (Wildman–Crippen LogP) is 1.72. The number of β-amino-alcohol motifs (C(OH)–C–C–N with tert-alkyl or cyclic N) is 1. The molecule has 1 unspecified atom stereocenters. The van der Waals surface area contributed by atoms with Crippen molar-refractivity contribution in [3.05, 3.63) is 47.9 Å². The highest BCUT2D eigenvalue weighted by Gasteiger charge is 2.38. The third kappa shape index (κ3) is 2.67. The number of halogens is 1. The molecule has 0 spiro atoms. The Morgan fingerprint density at radius 2 is 2.05 bits per heavy atom. The molecular weight excluding hydrogens is 273 g/mol. The van der Waals surface area contributed by atoms with E-state index in [9.17, 15) is 9.50 Å². The minimum Gasteiger partial charge on any atom is -0.481 e. The first-order valence-electron chi connectivity index (χ1n) is 6.71. The van der Waals surface area contributed by atoms with E-state index in [0.717, 1.165) is 0 Å². The lowest BCUT2D eigenvalue weighted by Gasteiger charge is -2.24. The summed E-state index contributed by atoms with van der Waals surface area (Å²) >= 11 is 0. The van der Waals surface area contributed by atoms with Gasteiger partial charge in [-0.25, -0.2) is 9.37 Å². The molecule has 1 N–H and O–H groups in total. The van der Waals surface area contributed by atoms with Gasteiger partial charge in [-0.2, -0.15) is 4.98 Å². The Hall–Kier alpha value is -2.21. The maximum atomic E-state index is 13.0. The monoisotopic (exact) mass is 289 g/mol. The van der Waals surface area contributed by atoms with Gasteiger partial charge in [-0.05, 0) is 24.1 Å². The van der Waals surface area contributed by atoms with E-state index in [1.165, 1.54) is 12.1 Å². The molecule has 0 radical (unpaired) electrons. The van der Waals surface area contributed by atoms with Crippen molar-refractivity contribution in [1.29, 1.82) is 0 Å². The zero-order chi connectivity index (χ0) is 14.9. The van der Waals surface area contributed by atoms with Gasteiger partial charge in [-0.1, -0.05) is 12.1 Å². The summed E-state index contributed by atoms with van der Waals surface area (Å²) in [5, 5.41) is 10.8. The summed E-state index contributed by atoms with van der Waals surface area (Å²) in [4.78, 5) is 10.4. The van der Waals surface area contributed by atoms with Gasteiger partial charge in [0.2, 0.25) is 11.8 Å². The molecule has 110 valence electrons. The highest BCUT2D eigenvalue weighted by atomic mass is 19.1. The van der Waals surface area contributed by atoms with Crippen LogP contribution in [-0.4, -0.2) is 35.3 Å². The van der Waals surface area contributed by atoms with Crippen molar-refractivity contribution in [1.82, 2.24) is 9.97 Å². The number of hydrogen-bond donors (Lipinski definition) is 1. The van der Waals surface area contributed by atoms with Crippen LogP contribution in [0.15, 0.2) is 36.5 Å². The van der Waals surface area contributed by atoms with Crippen LogP contribution < -0.4 is 9.64 Å². The van der Waals surface area contributed by atoms with Gasteiger partial charge in [0.05, 0.1) is 13.7 Å². The van der Waals surface area contributed by atoms with Gasteiger partial charge >= 0.3 is 0 Å². The number of methoxy groups -OCH3 is 1. The van der Waals surface area contributed by atoms with E-state index in [1.807, 2.05) is 4.90 Å². The number of benzene rings is 1. The lowest BCUT2D eigenvalue weighted by molar-refractivity contribution is 0.0605. The zero-order valence-electron chi connectivity index (χ0n) is 11.7. The first-order valence-corrected chi connectivity index (χ1v) is 6.71. The molecule has 1 saturated heterocycles. The lowest BCUT2D eigenvalue weighted by Crippen LogP contribution is -2.31. The summed E-state index contributed by atoms with van der Waals surface area (Å²) in [6, 6.07) is 7.62. The van der Waals surface area contributed by atoms with Crippen molar-refractivity contribution < 1.29 is 14.2 Å².